The minimum atomic E-state index is -4.52. The lowest BCUT2D eigenvalue weighted by Crippen LogP contribution is -2.36. The molecule has 1 atom stereocenters. The summed E-state index contributed by atoms with van der Waals surface area (Å²) in [6, 6.07) is 5.25. The Hall–Kier alpha value is -1.86. The fraction of sp³-hybridized carbons (Fsp3) is 0.214. The summed E-state index contributed by atoms with van der Waals surface area (Å²) in [6.07, 6.45) is -2.24. The van der Waals surface area contributed by atoms with Crippen LogP contribution >= 0.6 is 11.3 Å². The van der Waals surface area contributed by atoms with Crippen molar-refractivity contribution in [1.29, 1.82) is 0 Å². The van der Waals surface area contributed by atoms with E-state index in [0.717, 1.165) is 21.4 Å². The fourth-order valence-corrected chi connectivity index (χ4v) is 2.57. The minimum Gasteiger partial charge on any atom is -0.397 e. The number of hydrogen-bond acceptors (Lipinski definition) is 4. The van der Waals surface area contributed by atoms with Crippen molar-refractivity contribution < 1.29 is 13.2 Å². The molecule has 0 spiro atoms. The Morgan fingerprint density at radius 3 is 2.62 bits per heavy atom. The average Bonchev–Trinajstić information content (AvgIpc) is 2.84. The second kappa shape index (κ2) is 5.87. The van der Waals surface area contributed by atoms with Gasteiger partial charge < -0.3 is 11.5 Å². The molecule has 7 heteroatoms. The summed E-state index contributed by atoms with van der Waals surface area (Å²) in [6.45, 7) is 1.98. The monoisotopic (exact) mass is 313 g/mol. The van der Waals surface area contributed by atoms with Gasteiger partial charge in [0.05, 0.1) is 11.4 Å². The maximum absolute atomic E-state index is 12.4. The number of nitrogens with zero attached hydrogens (tertiary/aromatic N) is 1. The molecule has 1 unspecified atom stereocenters. The standard InChI is InChI=1S/C14H14F3N3S/c1-8-2-3-12(21-8)9-4-5-20-11(6-9)10(18)7-13(19)14(15,16)17/h2-7,13H,18-19H2,1H3/b10-7-. The van der Waals surface area contributed by atoms with Crippen LogP contribution in [0.25, 0.3) is 16.1 Å². The fourth-order valence-electron chi connectivity index (χ4n) is 1.70. The quantitative estimate of drug-likeness (QED) is 0.913. The zero-order valence-corrected chi connectivity index (χ0v) is 12.0. The number of hydrogen-bond donors (Lipinski definition) is 2. The van der Waals surface area contributed by atoms with Crippen LogP contribution in [0.1, 0.15) is 10.6 Å². The number of halogens is 3. The Balaban J connectivity index is 2.31. The summed E-state index contributed by atoms with van der Waals surface area (Å²) in [5.74, 6) is 0. The molecule has 0 fully saturated rings. The van der Waals surface area contributed by atoms with Crippen LogP contribution < -0.4 is 11.5 Å². The summed E-state index contributed by atoms with van der Waals surface area (Å²) < 4.78 is 37.3. The number of aromatic nitrogens is 1. The topological polar surface area (TPSA) is 64.9 Å². The molecule has 3 nitrogen and oxygen atoms in total. The Labute approximate surface area is 124 Å². The number of rotatable bonds is 3. The Morgan fingerprint density at radius 1 is 1.33 bits per heavy atom. The molecule has 0 aliphatic heterocycles. The predicted molar refractivity (Wildman–Crippen MR) is 78.5 cm³/mol. The maximum Gasteiger partial charge on any atom is 0.407 e. The molecule has 21 heavy (non-hydrogen) atoms. The van der Waals surface area contributed by atoms with Crippen LogP contribution in [0.4, 0.5) is 13.2 Å². The molecule has 0 aliphatic rings. The summed E-state index contributed by atoms with van der Waals surface area (Å²) in [5, 5.41) is 0. The van der Waals surface area contributed by atoms with Gasteiger partial charge in [-0.05, 0) is 42.8 Å². The van der Waals surface area contributed by atoms with Crippen LogP contribution in [0.5, 0.6) is 0 Å². The number of alkyl halides is 3. The van der Waals surface area contributed by atoms with Crippen molar-refractivity contribution in [2.24, 2.45) is 11.5 Å². The van der Waals surface area contributed by atoms with Crippen molar-refractivity contribution in [3.63, 3.8) is 0 Å². The molecule has 0 saturated heterocycles. The van der Waals surface area contributed by atoms with E-state index in [0.29, 0.717) is 0 Å². The smallest absolute Gasteiger partial charge is 0.397 e. The number of pyridine rings is 1. The van der Waals surface area contributed by atoms with E-state index in [-0.39, 0.29) is 11.4 Å². The molecule has 2 rings (SSSR count). The van der Waals surface area contributed by atoms with E-state index in [4.69, 9.17) is 11.5 Å². The molecule has 0 aromatic carbocycles. The van der Waals surface area contributed by atoms with Crippen LogP contribution in [0.2, 0.25) is 0 Å². The van der Waals surface area contributed by atoms with Gasteiger partial charge in [0, 0.05) is 16.0 Å². The van der Waals surface area contributed by atoms with Crippen LogP contribution in [0.3, 0.4) is 0 Å². The zero-order chi connectivity index (χ0) is 15.6. The molecule has 0 bridgehead atoms. The second-order valence-corrected chi connectivity index (χ2v) is 5.82. The van der Waals surface area contributed by atoms with Gasteiger partial charge in [0.25, 0.3) is 0 Å². The molecule has 112 valence electrons. The first-order valence-electron chi connectivity index (χ1n) is 6.10. The second-order valence-electron chi connectivity index (χ2n) is 4.53. The average molecular weight is 313 g/mol. The van der Waals surface area contributed by atoms with Crippen molar-refractivity contribution in [3.05, 3.63) is 47.1 Å². The van der Waals surface area contributed by atoms with E-state index in [1.54, 1.807) is 23.5 Å². The normalized spacial score (nSPS) is 14.2. The lowest BCUT2D eigenvalue weighted by molar-refractivity contribution is -0.136. The van der Waals surface area contributed by atoms with Crippen molar-refractivity contribution in [2.45, 2.75) is 19.1 Å². The maximum atomic E-state index is 12.4. The molecule has 4 N–H and O–H groups in total. The van der Waals surface area contributed by atoms with Crippen molar-refractivity contribution in [3.8, 4) is 10.4 Å². The van der Waals surface area contributed by atoms with Crippen LogP contribution in [-0.4, -0.2) is 17.2 Å². The van der Waals surface area contributed by atoms with Crippen molar-refractivity contribution >= 4 is 17.0 Å². The summed E-state index contributed by atoms with van der Waals surface area (Å²) in [7, 11) is 0. The molecule has 2 aromatic heterocycles. The van der Waals surface area contributed by atoms with Gasteiger partial charge in [0.15, 0.2) is 0 Å². The van der Waals surface area contributed by atoms with Crippen molar-refractivity contribution in [2.75, 3.05) is 0 Å². The summed E-state index contributed by atoms with van der Waals surface area (Å²) >= 11 is 1.59. The lowest BCUT2D eigenvalue weighted by Gasteiger charge is -2.12. The van der Waals surface area contributed by atoms with Gasteiger partial charge in [-0.2, -0.15) is 13.2 Å². The molecule has 2 aromatic rings. The molecular weight excluding hydrogens is 299 g/mol. The van der Waals surface area contributed by atoms with E-state index in [1.165, 1.54) is 6.20 Å². The number of aryl methyl sites for hydroxylation is 1. The van der Waals surface area contributed by atoms with Gasteiger partial charge in [-0.25, -0.2) is 0 Å². The molecule has 0 saturated carbocycles. The highest BCUT2D eigenvalue weighted by atomic mass is 32.1. The summed E-state index contributed by atoms with van der Waals surface area (Å²) in [5.41, 5.74) is 11.7. The molecule has 0 amide bonds. The highest BCUT2D eigenvalue weighted by molar-refractivity contribution is 7.15. The largest absolute Gasteiger partial charge is 0.407 e. The van der Waals surface area contributed by atoms with Gasteiger partial charge in [-0.3, -0.25) is 4.98 Å². The number of thiophene rings is 1. The van der Waals surface area contributed by atoms with E-state index in [1.807, 2.05) is 19.1 Å². The highest BCUT2D eigenvalue weighted by Gasteiger charge is 2.35. The molecule has 2 heterocycles. The van der Waals surface area contributed by atoms with Crippen LogP contribution in [0.15, 0.2) is 36.5 Å². The number of nitrogens with two attached hydrogens (primary N) is 2. The predicted octanol–water partition coefficient (Wildman–Crippen LogP) is 3.31. The Kier molecular flexibility index (Phi) is 4.34. The third-order valence-electron chi connectivity index (χ3n) is 2.82. The van der Waals surface area contributed by atoms with Gasteiger partial charge in [-0.1, -0.05) is 0 Å². The molecular formula is C14H14F3N3S. The van der Waals surface area contributed by atoms with E-state index < -0.39 is 12.2 Å². The minimum absolute atomic E-state index is 0.0880. The first-order chi connectivity index (χ1) is 9.77. The van der Waals surface area contributed by atoms with E-state index in [9.17, 15) is 13.2 Å². The van der Waals surface area contributed by atoms with Crippen LogP contribution in [-0.2, 0) is 0 Å². The molecule has 0 radical (unpaired) electrons. The van der Waals surface area contributed by atoms with Crippen LogP contribution in [0, 0.1) is 6.92 Å². The van der Waals surface area contributed by atoms with Gasteiger partial charge in [0.1, 0.15) is 6.04 Å². The lowest BCUT2D eigenvalue weighted by atomic mass is 10.1. The highest BCUT2D eigenvalue weighted by Crippen LogP contribution is 2.28. The van der Waals surface area contributed by atoms with Crippen molar-refractivity contribution in [1.82, 2.24) is 4.98 Å². The van der Waals surface area contributed by atoms with E-state index in [2.05, 4.69) is 4.98 Å². The summed E-state index contributed by atoms with van der Waals surface area (Å²) in [4.78, 5) is 6.14. The Morgan fingerprint density at radius 2 is 2.05 bits per heavy atom. The van der Waals surface area contributed by atoms with Gasteiger partial charge >= 0.3 is 6.18 Å². The first-order valence-corrected chi connectivity index (χ1v) is 6.92. The van der Waals surface area contributed by atoms with E-state index >= 15 is 0 Å². The first kappa shape index (κ1) is 15.5. The SMILES string of the molecule is Cc1ccc(-c2ccnc(/C(N)=C/C(N)C(F)(F)F)c2)s1. The van der Waals surface area contributed by atoms with Gasteiger partial charge in [0.2, 0.25) is 0 Å². The molecule has 0 aliphatic carbocycles. The third-order valence-corrected chi connectivity index (χ3v) is 3.87. The van der Waals surface area contributed by atoms with Gasteiger partial charge in [-0.15, -0.1) is 11.3 Å². The Bertz CT molecular complexity index is 661. The third kappa shape index (κ3) is 3.83. The zero-order valence-electron chi connectivity index (χ0n) is 11.2.